The zero-order chi connectivity index (χ0) is 12.1. The summed E-state index contributed by atoms with van der Waals surface area (Å²) in [6, 6.07) is 0.429. The number of hydrogen-bond acceptors (Lipinski definition) is 3. The third kappa shape index (κ3) is 2.91. The van der Waals surface area contributed by atoms with E-state index in [2.05, 4.69) is 27.1 Å². The van der Waals surface area contributed by atoms with Gasteiger partial charge in [0.1, 0.15) is 0 Å². The lowest BCUT2D eigenvalue weighted by molar-refractivity contribution is 0.0662. The molecule has 2 rings (SSSR count). The summed E-state index contributed by atoms with van der Waals surface area (Å²) in [6.45, 7) is 5.06. The lowest BCUT2D eigenvalue weighted by Crippen LogP contribution is -2.19. The first-order valence-electron chi connectivity index (χ1n) is 5.66. The Morgan fingerprint density at radius 3 is 3.00 bits per heavy atom. The van der Waals surface area contributed by atoms with Crippen LogP contribution in [0.4, 0.5) is 5.69 Å². The van der Waals surface area contributed by atoms with Crippen molar-refractivity contribution in [2.75, 3.05) is 25.6 Å². The molecule has 0 atom stereocenters. The maximum atomic E-state index is 5.33. The van der Waals surface area contributed by atoms with Gasteiger partial charge >= 0.3 is 0 Å². The maximum Gasteiger partial charge on any atom is 0.221 e. The second-order valence-electron chi connectivity index (χ2n) is 3.88. The molecule has 0 aliphatic carbocycles. The first-order chi connectivity index (χ1) is 8.33. The van der Waals surface area contributed by atoms with Gasteiger partial charge in [0.25, 0.3) is 0 Å². The largest absolute Gasteiger partial charge is 0.381 e. The van der Waals surface area contributed by atoms with Gasteiger partial charge < -0.3 is 10.1 Å². The molecule has 1 N–H and O–H groups in total. The molecule has 6 heteroatoms. The summed E-state index contributed by atoms with van der Waals surface area (Å²) in [4.78, 5) is 7.70. The van der Waals surface area contributed by atoms with Crippen molar-refractivity contribution in [3.05, 3.63) is 12.4 Å². The van der Waals surface area contributed by atoms with Crippen molar-refractivity contribution in [3.63, 3.8) is 0 Å². The smallest absolute Gasteiger partial charge is 0.221 e. The summed E-state index contributed by atoms with van der Waals surface area (Å²) in [6.07, 6.45) is 5.75. The highest BCUT2D eigenvalue weighted by Gasteiger charge is 2.16. The van der Waals surface area contributed by atoms with Gasteiger partial charge in [-0.05, 0) is 19.6 Å². The number of nitrogens with one attached hydrogen (secondary N) is 1. The number of anilines is 1. The highest BCUT2D eigenvalue weighted by atomic mass is 16.5. The van der Waals surface area contributed by atoms with Crippen LogP contribution in [-0.2, 0) is 4.74 Å². The van der Waals surface area contributed by atoms with Crippen LogP contribution in [0.2, 0.25) is 0 Å². The standard InChI is InChI=1S/C11H17N5O/c1-12-11(13-2)15-9-7-14-16(8-9)10-3-5-17-6-4-10/h7-8,10H,1,3-6H2,2H3,(H,13,15). The summed E-state index contributed by atoms with van der Waals surface area (Å²) >= 11 is 0. The number of aromatic nitrogens is 2. The Labute approximate surface area is 100 Å². The van der Waals surface area contributed by atoms with Gasteiger partial charge in [-0.15, -0.1) is 0 Å². The first-order valence-corrected chi connectivity index (χ1v) is 5.66. The Morgan fingerprint density at radius 2 is 2.35 bits per heavy atom. The molecular weight excluding hydrogens is 218 g/mol. The van der Waals surface area contributed by atoms with E-state index in [4.69, 9.17) is 4.74 Å². The fourth-order valence-corrected chi connectivity index (χ4v) is 1.85. The number of nitrogens with zero attached hydrogens (tertiary/aromatic N) is 4. The predicted molar refractivity (Wildman–Crippen MR) is 67.8 cm³/mol. The minimum Gasteiger partial charge on any atom is -0.381 e. The molecular formula is C11H17N5O. The Morgan fingerprint density at radius 1 is 1.59 bits per heavy atom. The van der Waals surface area contributed by atoms with Gasteiger partial charge in [0.05, 0.1) is 17.9 Å². The minimum atomic E-state index is 0.429. The van der Waals surface area contributed by atoms with Gasteiger partial charge in [-0.2, -0.15) is 5.10 Å². The van der Waals surface area contributed by atoms with Gasteiger partial charge in [-0.25, -0.2) is 4.99 Å². The van der Waals surface area contributed by atoms with E-state index in [9.17, 15) is 0 Å². The van der Waals surface area contributed by atoms with Crippen molar-refractivity contribution in [3.8, 4) is 0 Å². The minimum absolute atomic E-state index is 0.429. The normalized spacial score (nSPS) is 18.1. The molecule has 2 heterocycles. The second-order valence-corrected chi connectivity index (χ2v) is 3.88. The Hall–Kier alpha value is -1.69. The molecule has 1 aliphatic rings. The molecule has 1 aromatic rings. The van der Waals surface area contributed by atoms with E-state index < -0.39 is 0 Å². The van der Waals surface area contributed by atoms with E-state index in [1.54, 1.807) is 13.2 Å². The summed E-state index contributed by atoms with van der Waals surface area (Å²) in [5.74, 6) is 0.497. The first kappa shape index (κ1) is 11.8. The van der Waals surface area contributed by atoms with E-state index in [1.807, 2.05) is 10.9 Å². The fourth-order valence-electron chi connectivity index (χ4n) is 1.85. The average Bonchev–Trinajstić information content (AvgIpc) is 2.85. The number of ether oxygens (including phenoxy) is 1. The van der Waals surface area contributed by atoms with Crippen LogP contribution in [0.15, 0.2) is 22.4 Å². The van der Waals surface area contributed by atoms with E-state index in [1.165, 1.54) is 0 Å². The molecule has 0 amide bonds. The molecule has 0 aromatic carbocycles. The van der Waals surface area contributed by atoms with Gasteiger partial charge in [-0.3, -0.25) is 9.67 Å². The topological polar surface area (TPSA) is 63.8 Å². The molecule has 6 nitrogen and oxygen atoms in total. The maximum absolute atomic E-state index is 5.33. The lowest BCUT2D eigenvalue weighted by Gasteiger charge is -2.22. The highest BCUT2D eigenvalue weighted by molar-refractivity contribution is 5.96. The lowest BCUT2D eigenvalue weighted by atomic mass is 10.1. The van der Waals surface area contributed by atoms with E-state index in [0.29, 0.717) is 12.0 Å². The Bertz CT molecular complexity index is 406. The van der Waals surface area contributed by atoms with Crippen LogP contribution in [0.25, 0.3) is 0 Å². The van der Waals surface area contributed by atoms with E-state index >= 15 is 0 Å². The molecule has 0 saturated carbocycles. The number of guanidine groups is 1. The van der Waals surface area contributed by atoms with Gasteiger partial charge in [-0.1, -0.05) is 0 Å². The van der Waals surface area contributed by atoms with Gasteiger partial charge in [0, 0.05) is 26.5 Å². The van der Waals surface area contributed by atoms with Crippen molar-refractivity contribution in [1.29, 1.82) is 0 Å². The van der Waals surface area contributed by atoms with Crippen molar-refractivity contribution < 1.29 is 4.74 Å². The van der Waals surface area contributed by atoms with Gasteiger partial charge in [0.15, 0.2) is 0 Å². The summed E-state index contributed by atoms with van der Waals surface area (Å²) in [5, 5.41) is 7.39. The molecule has 17 heavy (non-hydrogen) atoms. The fraction of sp³-hybridized carbons (Fsp3) is 0.545. The van der Waals surface area contributed by atoms with Crippen LogP contribution in [-0.4, -0.2) is 42.7 Å². The van der Waals surface area contributed by atoms with Crippen molar-refractivity contribution in [1.82, 2.24) is 9.78 Å². The van der Waals surface area contributed by atoms with Crippen molar-refractivity contribution >= 4 is 18.4 Å². The van der Waals surface area contributed by atoms with Crippen LogP contribution in [0, 0.1) is 0 Å². The van der Waals surface area contributed by atoms with Crippen molar-refractivity contribution in [2.45, 2.75) is 18.9 Å². The Kier molecular flexibility index (Phi) is 3.87. The average molecular weight is 235 g/mol. The number of hydrogen-bond donors (Lipinski definition) is 1. The van der Waals surface area contributed by atoms with Gasteiger partial charge in [0.2, 0.25) is 5.96 Å². The monoisotopic (exact) mass is 235 g/mol. The quantitative estimate of drug-likeness (QED) is 0.621. The third-order valence-corrected chi connectivity index (χ3v) is 2.78. The van der Waals surface area contributed by atoms with Crippen molar-refractivity contribution in [2.24, 2.45) is 9.98 Å². The number of rotatable bonds is 2. The predicted octanol–water partition coefficient (Wildman–Crippen LogP) is 1.33. The third-order valence-electron chi connectivity index (χ3n) is 2.78. The van der Waals surface area contributed by atoms with E-state index in [-0.39, 0.29) is 0 Å². The molecule has 1 saturated heterocycles. The summed E-state index contributed by atoms with van der Waals surface area (Å²) in [7, 11) is 1.67. The summed E-state index contributed by atoms with van der Waals surface area (Å²) < 4.78 is 7.30. The molecule has 0 bridgehead atoms. The van der Waals surface area contributed by atoms with E-state index in [0.717, 1.165) is 31.7 Å². The Balaban J connectivity index is 2.02. The van der Waals surface area contributed by atoms with Crippen LogP contribution in [0.3, 0.4) is 0 Å². The van der Waals surface area contributed by atoms with Crippen LogP contribution in [0.5, 0.6) is 0 Å². The molecule has 1 aliphatic heterocycles. The molecule has 0 unspecified atom stereocenters. The molecule has 92 valence electrons. The van der Waals surface area contributed by atoms with Crippen LogP contribution < -0.4 is 5.32 Å². The zero-order valence-electron chi connectivity index (χ0n) is 9.96. The SMILES string of the molecule is C=NC(=NC)Nc1cnn(C2CCOCC2)c1. The molecule has 0 spiro atoms. The van der Waals surface area contributed by atoms with Crippen LogP contribution in [0.1, 0.15) is 18.9 Å². The van der Waals surface area contributed by atoms with Crippen LogP contribution >= 0.6 is 0 Å². The second kappa shape index (κ2) is 5.58. The summed E-state index contributed by atoms with van der Waals surface area (Å²) in [5.41, 5.74) is 0.879. The zero-order valence-corrected chi connectivity index (χ0v) is 9.96. The molecule has 1 fully saturated rings. The number of aliphatic imine (C=N–C) groups is 2. The molecule has 0 radical (unpaired) electrons. The molecule has 1 aromatic heterocycles. The highest BCUT2D eigenvalue weighted by Crippen LogP contribution is 2.21.